The summed E-state index contributed by atoms with van der Waals surface area (Å²) in [6.45, 7) is 4.79. The number of carboxylic acids is 1. The molecule has 0 amide bonds. The molecule has 0 aromatic rings. The van der Waals surface area contributed by atoms with Gasteiger partial charge in [-0.15, -0.1) is 0 Å². The van der Waals surface area contributed by atoms with E-state index in [4.69, 9.17) is 18.9 Å². The van der Waals surface area contributed by atoms with E-state index in [-0.39, 0.29) is 32.2 Å². The van der Waals surface area contributed by atoms with E-state index in [1.807, 2.05) is 21.1 Å². The highest BCUT2D eigenvalue weighted by Gasteiger charge is 2.25. The monoisotopic (exact) mass is 1220 g/mol. The molecule has 0 aliphatic rings. The van der Waals surface area contributed by atoms with Crippen LogP contribution in [0.25, 0.3) is 0 Å². The molecule has 1 N–H and O–H groups in total. The number of unbranched alkanes of at least 4 members (excludes halogenated alkanes) is 39. The van der Waals surface area contributed by atoms with Crippen LogP contribution in [0.1, 0.15) is 335 Å². The molecule has 2 unspecified atom stereocenters. The molecule has 0 rings (SSSR count). The van der Waals surface area contributed by atoms with Gasteiger partial charge in [0.25, 0.3) is 6.29 Å². The van der Waals surface area contributed by atoms with Crippen molar-refractivity contribution in [3.8, 4) is 0 Å². The lowest BCUT2D eigenvalue weighted by atomic mass is 10.0. The Bertz CT molecular complexity index is 1700. The van der Waals surface area contributed by atoms with E-state index in [1.165, 1.54) is 218 Å². The Labute approximate surface area is 538 Å². The van der Waals surface area contributed by atoms with Crippen LogP contribution < -0.4 is 0 Å². The maximum atomic E-state index is 12.9. The Morgan fingerprint density at radius 1 is 0.356 bits per heavy atom. The summed E-state index contributed by atoms with van der Waals surface area (Å²) in [5.74, 6) is -2.00. The van der Waals surface area contributed by atoms with Gasteiger partial charge in [-0.05, 0) is 89.9 Å². The number of rotatable bonds is 68. The molecule has 2 atom stereocenters. The predicted octanol–water partition coefficient (Wildman–Crippen LogP) is 23.0. The van der Waals surface area contributed by atoms with E-state index < -0.39 is 24.3 Å². The molecule has 0 aromatic carbocycles. The van der Waals surface area contributed by atoms with Gasteiger partial charge in [-0.3, -0.25) is 9.59 Å². The zero-order valence-corrected chi connectivity index (χ0v) is 57.7. The first-order valence-corrected chi connectivity index (χ1v) is 36.8. The quantitative estimate of drug-likeness (QED) is 0.0211. The maximum Gasteiger partial charge on any atom is 0.361 e. The van der Waals surface area contributed by atoms with Gasteiger partial charge in [0.2, 0.25) is 0 Å². The van der Waals surface area contributed by atoms with E-state index >= 15 is 0 Å². The Kier molecular flexibility index (Phi) is 65.6. The molecule has 0 fully saturated rings. The molecule has 504 valence electrons. The molecule has 0 radical (unpaired) electrons. The summed E-state index contributed by atoms with van der Waals surface area (Å²) in [5, 5.41) is 9.75. The van der Waals surface area contributed by atoms with Gasteiger partial charge in [0.1, 0.15) is 13.2 Å². The zero-order valence-electron chi connectivity index (χ0n) is 57.7. The van der Waals surface area contributed by atoms with Crippen LogP contribution in [-0.2, 0) is 33.3 Å². The highest BCUT2D eigenvalue weighted by atomic mass is 16.7. The van der Waals surface area contributed by atoms with Crippen LogP contribution in [0.5, 0.6) is 0 Å². The number of esters is 2. The first-order valence-electron chi connectivity index (χ1n) is 36.8. The van der Waals surface area contributed by atoms with Crippen LogP contribution in [0.4, 0.5) is 0 Å². The summed E-state index contributed by atoms with van der Waals surface area (Å²) in [6, 6.07) is 0. The Hall–Kier alpha value is -3.53. The van der Waals surface area contributed by atoms with Crippen molar-refractivity contribution in [3.05, 3.63) is 85.1 Å². The van der Waals surface area contributed by atoms with E-state index in [1.54, 1.807) is 0 Å². The average Bonchev–Trinajstić information content (AvgIpc) is 3.56. The second-order valence-electron chi connectivity index (χ2n) is 25.9. The third-order valence-corrected chi connectivity index (χ3v) is 16.1. The van der Waals surface area contributed by atoms with E-state index in [9.17, 15) is 19.5 Å². The molecule has 9 nitrogen and oxygen atoms in total. The third kappa shape index (κ3) is 69.8. The van der Waals surface area contributed by atoms with Gasteiger partial charge in [-0.25, -0.2) is 4.79 Å². The average molecular weight is 1220 g/mol. The van der Waals surface area contributed by atoms with Crippen LogP contribution in [0.2, 0.25) is 0 Å². The van der Waals surface area contributed by atoms with E-state index in [2.05, 4.69) is 98.9 Å². The maximum absolute atomic E-state index is 12.9. The van der Waals surface area contributed by atoms with Gasteiger partial charge in [-0.1, -0.05) is 317 Å². The van der Waals surface area contributed by atoms with Crippen molar-refractivity contribution in [2.45, 2.75) is 347 Å². The molecule has 87 heavy (non-hydrogen) atoms. The van der Waals surface area contributed by atoms with Gasteiger partial charge in [0, 0.05) is 12.8 Å². The van der Waals surface area contributed by atoms with Crippen molar-refractivity contribution >= 4 is 17.9 Å². The number of hydrogen-bond acceptors (Lipinski definition) is 7. The van der Waals surface area contributed by atoms with Crippen LogP contribution in [0.15, 0.2) is 85.1 Å². The lowest BCUT2D eigenvalue weighted by Gasteiger charge is -2.25. The van der Waals surface area contributed by atoms with Gasteiger partial charge < -0.3 is 28.5 Å². The van der Waals surface area contributed by atoms with Crippen molar-refractivity contribution in [2.24, 2.45) is 0 Å². The third-order valence-electron chi connectivity index (χ3n) is 16.1. The lowest BCUT2D eigenvalue weighted by molar-refractivity contribution is -0.870. The molecular formula is C78H140NO8+. The number of carbonyl (C=O) groups is 3. The normalized spacial score (nSPS) is 13.2. The number of carbonyl (C=O) groups excluding carboxylic acids is 2. The second-order valence-corrected chi connectivity index (χ2v) is 25.9. The minimum Gasteiger partial charge on any atom is -0.477 e. The molecule has 0 heterocycles. The number of allylic oxidation sites excluding steroid dienone is 14. The number of carboxylic acid groups (broad SMARTS) is 1. The second kappa shape index (κ2) is 68.4. The molecule has 0 aliphatic heterocycles. The SMILES string of the molecule is CC/C=C\C/C=C\C/C=C\C/C=C\C/C=C\C/C=C\CCCCCCCCCCC(=O)OC(COC(=O)CCCCCCCCCCCCCCCCCCCCCCCCC/C=C\CCCCCCCCCC)COC(OCC[N+](C)(C)C)C(=O)O. The van der Waals surface area contributed by atoms with Gasteiger partial charge in [-0.2, -0.15) is 0 Å². The standard InChI is InChI=1S/C78H139NO8/c1-6-8-10-12-14-16-18-20-22-24-26-28-30-32-34-35-36-37-38-39-40-41-43-44-46-48-50-52-54-56-58-60-62-64-66-68-75(80)85-72-74(73-86-78(77(82)83)84-71-70-79(3,4)5)87-76(81)69-67-65-63-61-59-57-55-53-51-49-47-45-42-33-31-29-27-25-23-21-19-17-15-13-11-9-7-2/h9,11,15,17,21,23-24,26-27,29,33,42,47,49,74,78H,6-8,10,12-14,16,18-20,22,25,28,30-32,34-41,43-46,48,50-73H2,1-5H3/p+1/b11-9-,17-15-,23-21-,26-24-,29-27-,42-33-,49-47-. The van der Waals surface area contributed by atoms with Gasteiger partial charge >= 0.3 is 17.9 Å². The summed E-state index contributed by atoms with van der Waals surface area (Å²) in [7, 11) is 5.98. The summed E-state index contributed by atoms with van der Waals surface area (Å²) < 4.78 is 23.0. The fraction of sp³-hybridized carbons (Fsp3) is 0.782. The minimum atomic E-state index is -1.52. The smallest absolute Gasteiger partial charge is 0.361 e. The van der Waals surface area contributed by atoms with Crippen molar-refractivity contribution in [2.75, 3.05) is 47.5 Å². The number of nitrogens with zero attached hydrogens (tertiary/aromatic N) is 1. The Morgan fingerprint density at radius 2 is 0.655 bits per heavy atom. The van der Waals surface area contributed by atoms with E-state index in [0.29, 0.717) is 23.9 Å². The topological polar surface area (TPSA) is 108 Å². The largest absolute Gasteiger partial charge is 0.477 e. The van der Waals surface area contributed by atoms with E-state index in [0.717, 1.165) is 83.5 Å². The fourth-order valence-corrected chi connectivity index (χ4v) is 10.5. The van der Waals surface area contributed by atoms with Crippen molar-refractivity contribution in [3.63, 3.8) is 0 Å². The van der Waals surface area contributed by atoms with Crippen LogP contribution in [-0.4, -0.2) is 87.4 Å². The first kappa shape index (κ1) is 83.5. The van der Waals surface area contributed by atoms with Gasteiger partial charge in [0.05, 0.1) is 34.4 Å². The highest BCUT2D eigenvalue weighted by Crippen LogP contribution is 2.18. The highest BCUT2D eigenvalue weighted by molar-refractivity contribution is 5.71. The summed E-state index contributed by atoms with van der Waals surface area (Å²) in [4.78, 5) is 37.7. The Morgan fingerprint density at radius 3 is 0.989 bits per heavy atom. The first-order chi connectivity index (χ1) is 42.6. The van der Waals surface area contributed by atoms with Crippen molar-refractivity contribution in [1.82, 2.24) is 0 Å². The molecular weight excluding hydrogens is 1080 g/mol. The fourth-order valence-electron chi connectivity index (χ4n) is 10.5. The predicted molar refractivity (Wildman–Crippen MR) is 373 cm³/mol. The number of ether oxygens (including phenoxy) is 4. The molecule has 0 bridgehead atoms. The van der Waals surface area contributed by atoms with Crippen molar-refractivity contribution in [1.29, 1.82) is 0 Å². The Balaban J connectivity index is 4.06. The van der Waals surface area contributed by atoms with Crippen molar-refractivity contribution < 1.29 is 42.9 Å². The summed E-state index contributed by atoms with van der Waals surface area (Å²) >= 11 is 0. The van der Waals surface area contributed by atoms with Crippen LogP contribution >= 0.6 is 0 Å². The molecule has 0 saturated heterocycles. The molecule has 0 aromatic heterocycles. The number of quaternary nitrogens is 1. The molecule has 0 spiro atoms. The van der Waals surface area contributed by atoms with Crippen LogP contribution in [0.3, 0.4) is 0 Å². The molecule has 0 saturated carbocycles. The van der Waals surface area contributed by atoms with Gasteiger partial charge in [0.15, 0.2) is 6.10 Å². The minimum absolute atomic E-state index is 0.184. The molecule has 0 aliphatic carbocycles. The summed E-state index contributed by atoms with van der Waals surface area (Å²) in [5.41, 5.74) is 0. The molecule has 9 heteroatoms. The lowest BCUT2D eigenvalue weighted by Crippen LogP contribution is -2.40. The zero-order chi connectivity index (χ0) is 63.3. The summed E-state index contributed by atoms with van der Waals surface area (Å²) in [6.07, 6.45) is 90.0. The number of hydrogen-bond donors (Lipinski definition) is 1. The number of aliphatic carboxylic acids is 1. The van der Waals surface area contributed by atoms with Crippen LogP contribution in [0, 0.1) is 0 Å². The number of likely N-dealkylation sites (N-methyl/N-ethyl adjacent to an activating group) is 1.